The predicted octanol–water partition coefficient (Wildman–Crippen LogP) is 8.39. The molecule has 0 saturated carbocycles. The number of allylic oxidation sites excluding steroid dienone is 6. The second kappa shape index (κ2) is 14.9. The van der Waals surface area contributed by atoms with Gasteiger partial charge in [-0.3, -0.25) is 9.78 Å². The fourth-order valence-electron chi connectivity index (χ4n) is 3.52. The minimum absolute atomic E-state index is 0.291. The Morgan fingerprint density at radius 2 is 1.92 bits per heavy atom. The number of furan rings is 1. The number of aromatic nitrogens is 1. The fraction of sp³-hybridized carbons (Fsp3) is 0.393. The molecule has 2 aromatic rings. The number of Topliss-reactive ketones (excluding diaryl/α,β-unsaturated/α-hetero) is 1. The first kappa shape index (κ1) is 30.6. The van der Waals surface area contributed by atoms with Gasteiger partial charge in [0.25, 0.3) is 0 Å². The van der Waals surface area contributed by atoms with Crippen molar-refractivity contribution in [1.82, 2.24) is 4.98 Å². The molecule has 5 nitrogen and oxygen atoms in total. The summed E-state index contributed by atoms with van der Waals surface area (Å²) in [4.78, 5) is 19.2. The third-order valence-electron chi connectivity index (χ3n) is 5.40. The van der Waals surface area contributed by atoms with Gasteiger partial charge in [-0.05, 0) is 68.9 Å². The Kier molecular flexibility index (Phi) is 12.6. The average Bonchev–Trinajstić information content (AvgIpc) is 3.36. The van der Waals surface area contributed by atoms with Crippen molar-refractivity contribution in [3.63, 3.8) is 0 Å². The van der Waals surface area contributed by atoms with Gasteiger partial charge in [0, 0.05) is 24.9 Å². The molecule has 0 radical (unpaired) electrons. The van der Waals surface area contributed by atoms with Crippen LogP contribution in [0, 0.1) is 0 Å². The van der Waals surface area contributed by atoms with Gasteiger partial charge in [0.05, 0.1) is 23.8 Å². The molecule has 36 heavy (non-hydrogen) atoms. The normalized spacial score (nSPS) is 14.5. The maximum Gasteiger partial charge on any atom is 0.418 e. The number of aliphatic imine (C=N–C) groups is 1. The minimum Gasteiger partial charge on any atom is -0.510 e. The summed E-state index contributed by atoms with van der Waals surface area (Å²) in [6.45, 7) is 9.51. The van der Waals surface area contributed by atoms with Crippen LogP contribution in [-0.2, 0) is 4.79 Å². The molecule has 0 aliphatic rings. The van der Waals surface area contributed by atoms with Crippen LogP contribution in [-0.4, -0.2) is 27.8 Å². The summed E-state index contributed by atoms with van der Waals surface area (Å²) in [6, 6.07) is 5.73. The van der Waals surface area contributed by atoms with Crippen molar-refractivity contribution in [3.05, 3.63) is 83.4 Å². The number of rotatable bonds is 9. The maximum absolute atomic E-state index is 13.4. The number of carbonyl (C=O) groups is 1. The molecule has 0 spiro atoms. The Morgan fingerprint density at radius 1 is 1.22 bits per heavy atom. The van der Waals surface area contributed by atoms with E-state index < -0.39 is 34.7 Å². The molecule has 2 heterocycles. The van der Waals surface area contributed by atoms with Gasteiger partial charge >= 0.3 is 6.18 Å². The molecule has 0 aliphatic carbocycles. The number of hydrogen-bond donors (Lipinski definition) is 1. The van der Waals surface area contributed by atoms with Crippen LogP contribution in [0.2, 0.25) is 0 Å². The van der Waals surface area contributed by atoms with Crippen molar-refractivity contribution in [3.8, 4) is 0 Å². The quantitative estimate of drug-likeness (QED) is 0.161. The van der Waals surface area contributed by atoms with Crippen LogP contribution in [0.5, 0.6) is 0 Å². The van der Waals surface area contributed by atoms with E-state index in [1.54, 1.807) is 6.92 Å². The Hall–Kier alpha value is -3.42. The number of aliphatic hydroxyl groups excluding tert-OH is 1. The highest BCUT2D eigenvalue weighted by molar-refractivity contribution is 6.05. The average molecular weight is 505 g/mol. The van der Waals surface area contributed by atoms with Crippen LogP contribution in [0.4, 0.5) is 13.2 Å². The number of alkyl halides is 3. The molecular weight excluding hydrogens is 469 g/mol. The molecular formula is C28H35F3N2O3. The topological polar surface area (TPSA) is 75.7 Å². The first-order valence-corrected chi connectivity index (χ1v) is 11.8. The highest BCUT2D eigenvalue weighted by atomic mass is 19.4. The molecule has 1 atom stereocenters. The molecule has 1 N–H and O–H groups in total. The van der Waals surface area contributed by atoms with E-state index in [1.165, 1.54) is 56.4 Å². The standard InChI is InChI=1S/C17H18F3NO3.C11H17N/c1-5-13(14-6-7-24-9-14)8-15(17(18,19)20)10(2)21-16(11(3)22)12(4)23;1-3-6-10(4-2)11-7-5-8-12-9-11/h5-9,22H,1-4H3;5,7-10H,3-4,6H2,1-2H3/b13-5+,15-8+,16-11+,21-10+;. The summed E-state index contributed by atoms with van der Waals surface area (Å²) >= 11 is 0. The molecule has 196 valence electrons. The van der Waals surface area contributed by atoms with E-state index in [2.05, 4.69) is 29.9 Å². The van der Waals surface area contributed by atoms with Crippen LogP contribution in [0.3, 0.4) is 0 Å². The highest BCUT2D eigenvalue weighted by Gasteiger charge is 2.36. The number of hydrogen-bond acceptors (Lipinski definition) is 5. The summed E-state index contributed by atoms with van der Waals surface area (Å²) in [5.41, 5.74) is 0.308. The van der Waals surface area contributed by atoms with Crippen LogP contribution < -0.4 is 0 Å². The number of aliphatic hydroxyl groups is 1. The number of nitrogens with zero attached hydrogens (tertiary/aromatic N) is 2. The van der Waals surface area contributed by atoms with E-state index in [1.807, 2.05) is 18.5 Å². The molecule has 0 amide bonds. The van der Waals surface area contributed by atoms with E-state index >= 15 is 0 Å². The van der Waals surface area contributed by atoms with Crippen molar-refractivity contribution in [1.29, 1.82) is 0 Å². The number of ketones is 1. The van der Waals surface area contributed by atoms with Crippen molar-refractivity contribution in [2.24, 2.45) is 4.99 Å². The highest BCUT2D eigenvalue weighted by Crippen LogP contribution is 2.31. The van der Waals surface area contributed by atoms with Gasteiger partial charge in [-0.2, -0.15) is 13.2 Å². The SMILES string of the molecule is CCCC(CC)c1cccnc1.C\C=C(/C=C(\C(C)=N\C(C(C)=O)=C(/C)O)C(F)(F)F)c1ccoc1. The maximum atomic E-state index is 13.4. The molecule has 0 aliphatic heterocycles. The van der Waals surface area contributed by atoms with Crippen molar-refractivity contribution in [2.75, 3.05) is 0 Å². The van der Waals surface area contributed by atoms with Crippen LogP contribution in [0.15, 0.2) is 81.7 Å². The van der Waals surface area contributed by atoms with Gasteiger partial charge in [0.2, 0.25) is 0 Å². The number of pyridine rings is 1. The zero-order valence-corrected chi connectivity index (χ0v) is 21.7. The summed E-state index contributed by atoms with van der Waals surface area (Å²) < 4.78 is 45.1. The molecule has 0 bridgehead atoms. The first-order valence-electron chi connectivity index (χ1n) is 11.8. The van der Waals surface area contributed by atoms with E-state index in [0.717, 1.165) is 19.9 Å². The van der Waals surface area contributed by atoms with Gasteiger partial charge in [0.15, 0.2) is 5.78 Å². The third kappa shape index (κ3) is 9.68. The van der Waals surface area contributed by atoms with Gasteiger partial charge in [-0.15, -0.1) is 0 Å². The largest absolute Gasteiger partial charge is 0.510 e. The molecule has 2 aromatic heterocycles. The summed E-state index contributed by atoms with van der Waals surface area (Å²) in [6.07, 6.45) is 8.01. The van der Waals surface area contributed by atoms with E-state index in [4.69, 9.17) is 4.42 Å². The number of halogens is 3. The van der Waals surface area contributed by atoms with Crippen LogP contribution in [0.1, 0.15) is 77.8 Å². The molecule has 0 aromatic carbocycles. The minimum atomic E-state index is -4.68. The Bertz CT molecular complexity index is 1080. The number of carbonyl (C=O) groups excluding carboxylic acids is 1. The lowest BCUT2D eigenvalue weighted by molar-refractivity contribution is -0.113. The smallest absolute Gasteiger partial charge is 0.418 e. The van der Waals surface area contributed by atoms with Crippen LogP contribution in [0.25, 0.3) is 5.57 Å². The van der Waals surface area contributed by atoms with Gasteiger partial charge in [0.1, 0.15) is 11.5 Å². The Labute approximate surface area is 211 Å². The lowest BCUT2D eigenvalue weighted by atomic mass is 9.94. The zero-order valence-electron chi connectivity index (χ0n) is 21.7. The third-order valence-corrected chi connectivity index (χ3v) is 5.40. The second-order valence-electron chi connectivity index (χ2n) is 8.18. The van der Waals surface area contributed by atoms with Crippen molar-refractivity contribution >= 4 is 17.1 Å². The van der Waals surface area contributed by atoms with Gasteiger partial charge in [-0.25, -0.2) is 4.99 Å². The zero-order chi connectivity index (χ0) is 27.3. The lowest BCUT2D eigenvalue weighted by Gasteiger charge is -2.13. The Balaban J connectivity index is 0.000000450. The van der Waals surface area contributed by atoms with Crippen molar-refractivity contribution < 1.29 is 27.5 Å². The molecule has 2 rings (SSSR count). The summed E-state index contributed by atoms with van der Waals surface area (Å²) in [5, 5.41) is 9.42. The first-order chi connectivity index (χ1) is 17.0. The molecule has 8 heteroatoms. The van der Waals surface area contributed by atoms with E-state index in [0.29, 0.717) is 17.1 Å². The van der Waals surface area contributed by atoms with E-state index in [-0.39, 0.29) is 0 Å². The van der Waals surface area contributed by atoms with Gasteiger partial charge in [-0.1, -0.05) is 32.4 Å². The molecule has 0 fully saturated rings. The van der Waals surface area contributed by atoms with E-state index in [9.17, 15) is 23.1 Å². The predicted molar refractivity (Wildman–Crippen MR) is 138 cm³/mol. The molecule has 0 saturated heterocycles. The van der Waals surface area contributed by atoms with Crippen molar-refractivity contribution in [2.45, 2.75) is 72.9 Å². The molecule has 1 unspecified atom stereocenters. The Morgan fingerprint density at radius 3 is 2.33 bits per heavy atom. The summed E-state index contributed by atoms with van der Waals surface area (Å²) in [5.74, 6) is -0.356. The second-order valence-corrected chi connectivity index (χ2v) is 8.18. The fourth-order valence-corrected chi connectivity index (χ4v) is 3.52. The lowest BCUT2D eigenvalue weighted by Crippen LogP contribution is -2.19. The monoisotopic (exact) mass is 504 g/mol. The van der Waals surface area contributed by atoms with Gasteiger partial charge < -0.3 is 9.52 Å². The van der Waals surface area contributed by atoms with Crippen LogP contribution >= 0.6 is 0 Å². The summed E-state index contributed by atoms with van der Waals surface area (Å²) in [7, 11) is 0.